The van der Waals surface area contributed by atoms with E-state index in [1.165, 1.54) is 12.3 Å². The minimum atomic E-state index is -1.08. The number of anilines is 3. The SMILES string of the molecule is Cc1ccc(Br)cc1Nc1cc(C(=O)O)c(N)cn1. The third-order valence-corrected chi connectivity index (χ3v) is 3.12. The van der Waals surface area contributed by atoms with Crippen molar-refractivity contribution in [1.82, 2.24) is 4.98 Å². The van der Waals surface area contributed by atoms with Gasteiger partial charge in [0.05, 0.1) is 17.4 Å². The highest BCUT2D eigenvalue weighted by atomic mass is 79.9. The van der Waals surface area contributed by atoms with Gasteiger partial charge < -0.3 is 16.2 Å². The summed E-state index contributed by atoms with van der Waals surface area (Å²) in [6.45, 7) is 1.95. The van der Waals surface area contributed by atoms with E-state index in [9.17, 15) is 4.79 Å². The van der Waals surface area contributed by atoms with Crippen LogP contribution in [-0.4, -0.2) is 16.1 Å². The molecule has 0 unspecified atom stereocenters. The topological polar surface area (TPSA) is 88.2 Å². The highest BCUT2D eigenvalue weighted by molar-refractivity contribution is 9.10. The Kier molecular flexibility index (Phi) is 3.71. The number of aromatic carboxylic acids is 1. The zero-order valence-electron chi connectivity index (χ0n) is 10.1. The van der Waals surface area contributed by atoms with Gasteiger partial charge in [-0.15, -0.1) is 0 Å². The maximum absolute atomic E-state index is 11.0. The fourth-order valence-corrected chi connectivity index (χ4v) is 1.95. The van der Waals surface area contributed by atoms with Crippen LogP contribution in [-0.2, 0) is 0 Å². The van der Waals surface area contributed by atoms with E-state index in [0.717, 1.165) is 15.7 Å². The van der Waals surface area contributed by atoms with Gasteiger partial charge in [0, 0.05) is 10.2 Å². The van der Waals surface area contributed by atoms with Crippen LogP contribution >= 0.6 is 15.9 Å². The third-order valence-electron chi connectivity index (χ3n) is 2.63. The summed E-state index contributed by atoms with van der Waals surface area (Å²) in [5.41, 5.74) is 7.61. The number of halogens is 1. The first-order chi connectivity index (χ1) is 8.97. The lowest BCUT2D eigenvalue weighted by atomic mass is 10.2. The summed E-state index contributed by atoms with van der Waals surface area (Å²) < 4.78 is 0.925. The molecule has 0 aliphatic heterocycles. The molecule has 0 spiro atoms. The van der Waals surface area contributed by atoms with Crippen LogP contribution in [0.25, 0.3) is 0 Å². The van der Waals surface area contributed by atoms with E-state index >= 15 is 0 Å². The molecule has 0 bridgehead atoms. The van der Waals surface area contributed by atoms with Crippen molar-refractivity contribution in [3.63, 3.8) is 0 Å². The standard InChI is InChI=1S/C13H12BrN3O2/c1-7-2-3-8(14)4-11(7)17-12-5-9(13(18)19)10(15)6-16-12/h2-6H,15H2,1H3,(H,16,17)(H,18,19). The van der Waals surface area contributed by atoms with E-state index in [4.69, 9.17) is 10.8 Å². The molecular formula is C13H12BrN3O2. The van der Waals surface area contributed by atoms with Gasteiger partial charge in [-0.1, -0.05) is 22.0 Å². The Morgan fingerprint density at radius 2 is 2.16 bits per heavy atom. The maximum Gasteiger partial charge on any atom is 0.337 e. The minimum absolute atomic E-state index is 0.0325. The lowest BCUT2D eigenvalue weighted by Gasteiger charge is -2.10. The fourth-order valence-electron chi connectivity index (χ4n) is 1.59. The van der Waals surface area contributed by atoms with Gasteiger partial charge in [-0.25, -0.2) is 9.78 Å². The monoisotopic (exact) mass is 321 g/mol. The molecule has 2 rings (SSSR count). The molecule has 4 N–H and O–H groups in total. The maximum atomic E-state index is 11.0. The molecule has 6 heteroatoms. The lowest BCUT2D eigenvalue weighted by molar-refractivity contribution is 0.0698. The summed E-state index contributed by atoms with van der Waals surface area (Å²) in [6.07, 6.45) is 1.33. The molecule has 98 valence electrons. The number of hydrogen-bond acceptors (Lipinski definition) is 4. The average molecular weight is 322 g/mol. The van der Waals surface area contributed by atoms with Crippen LogP contribution in [0.4, 0.5) is 17.2 Å². The quantitative estimate of drug-likeness (QED) is 0.808. The van der Waals surface area contributed by atoms with Gasteiger partial charge >= 0.3 is 5.97 Å². The highest BCUT2D eigenvalue weighted by Gasteiger charge is 2.10. The molecule has 0 aliphatic carbocycles. The number of aryl methyl sites for hydroxylation is 1. The number of nitrogens with zero attached hydrogens (tertiary/aromatic N) is 1. The molecule has 0 saturated heterocycles. The molecule has 1 heterocycles. The second-order valence-corrected chi connectivity index (χ2v) is 4.96. The minimum Gasteiger partial charge on any atom is -0.478 e. The molecule has 5 nitrogen and oxygen atoms in total. The van der Waals surface area contributed by atoms with Crippen LogP contribution in [0.15, 0.2) is 34.9 Å². The van der Waals surface area contributed by atoms with Gasteiger partial charge in [0.25, 0.3) is 0 Å². The van der Waals surface area contributed by atoms with Crippen molar-refractivity contribution in [3.05, 3.63) is 46.1 Å². The first-order valence-corrected chi connectivity index (χ1v) is 6.28. The molecule has 0 fully saturated rings. The smallest absolute Gasteiger partial charge is 0.337 e. The second-order valence-electron chi connectivity index (χ2n) is 4.05. The summed E-state index contributed by atoms with van der Waals surface area (Å²) in [4.78, 5) is 15.1. The number of nitrogens with two attached hydrogens (primary N) is 1. The number of aromatic nitrogens is 1. The number of carboxylic acid groups (broad SMARTS) is 1. The van der Waals surface area contributed by atoms with Crippen LogP contribution in [0.2, 0.25) is 0 Å². The Morgan fingerprint density at radius 1 is 1.42 bits per heavy atom. The van der Waals surface area contributed by atoms with Gasteiger partial charge in [-0.3, -0.25) is 0 Å². The number of carbonyl (C=O) groups is 1. The Labute approximate surface area is 118 Å². The molecule has 2 aromatic rings. The number of nitrogen functional groups attached to an aromatic ring is 1. The van der Waals surface area contributed by atoms with Gasteiger partial charge in [0.1, 0.15) is 5.82 Å². The molecule has 0 radical (unpaired) electrons. The lowest BCUT2D eigenvalue weighted by Crippen LogP contribution is -2.05. The van der Waals surface area contributed by atoms with E-state index in [1.54, 1.807) is 0 Å². The van der Waals surface area contributed by atoms with Crippen LogP contribution in [0, 0.1) is 6.92 Å². The summed E-state index contributed by atoms with van der Waals surface area (Å²) in [7, 11) is 0. The summed E-state index contributed by atoms with van der Waals surface area (Å²) in [5.74, 6) is -0.637. The molecule has 0 saturated carbocycles. The van der Waals surface area contributed by atoms with Crippen molar-refractivity contribution in [1.29, 1.82) is 0 Å². The van der Waals surface area contributed by atoms with Crippen molar-refractivity contribution in [2.24, 2.45) is 0 Å². The van der Waals surface area contributed by atoms with Crippen molar-refractivity contribution in [2.75, 3.05) is 11.1 Å². The zero-order chi connectivity index (χ0) is 14.0. The molecule has 0 aliphatic rings. The predicted octanol–water partition coefficient (Wildman–Crippen LogP) is 3.18. The van der Waals surface area contributed by atoms with Gasteiger partial charge in [0.15, 0.2) is 0 Å². The predicted molar refractivity (Wildman–Crippen MR) is 77.8 cm³/mol. The molecule has 0 amide bonds. The van der Waals surface area contributed by atoms with Gasteiger partial charge in [-0.05, 0) is 30.7 Å². The molecule has 0 atom stereocenters. The number of hydrogen-bond donors (Lipinski definition) is 3. The van der Waals surface area contributed by atoms with Crippen LogP contribution in [0.1, 0.15) is 15.9 Å². The van der Waals surface area contributed by atoms with Gasteiger partial charge in [-0.2, -0.15) is 0 Å². The first-order valence-electron chi connectivity index (χ1n) is 5.49. The summed E-state index contributed by atoms with van der Waals surface area (Å²) >= 11 is 3.38. The van der Waals surface area contributed by atoms with Crippen molar-refractivity contribution in [3.8, 4) is 0 Å². The van der Waals surface area contributed by atoms with E-state index in [1.807, 2.05) is 25.1 Å². The van der Waals surface area contributed by atoms with E-state index < -0.39 is 5.97 Å². The number of benzene rings is 1. The second kappa shape index (κ2) is 5.27. The summed E-state index contributed by atoms with van der Waals surface area (Å²) in [5, 5.41) is 12.1. The van der Waals surface area contributed by atoms with Crippen LogP contribution in [0.3, 0.4) is 0 Å². The summed E-state index contributed by atoms with van der Waals surface area (Å²) in [6, 6.07) is 7.19. The number of nitrogens with one attached hydrogen (secondary N) is 1. The average Bonchev–Trinajstić information content (AvgIpc) is 2.36. The molecule has 19 heavy (non-hydrogen) atoms. The number of pyridine rings is 1. The van der Waals surface area contributed by atoms with E-state index in [0.29, 0.717) is 5.82 Å². The third kappa shape index (κ3) is 3.03. The Bertz CT molecular complexity index is 644. The normalized spacial score (nSPS) is 10.2. The van der Waals surface area contributed by atoms with Crippen LogP contribution in [0.5, 0.6) is 0 Å². The first kappa shape index (κ1) is 13.4. The largest absolute Gasteiger partial charge is 0.478 e. The number of carboxylic acids is 1. The molecule has 1 aromatic carbocycles. The van der Waals surface area contributed by atoms with E-state index in [-0.39, 0.29) is 11.3 Å². The van der Waals surface area contributed by atoms with Crippen LogP contribution < -0.4 is 11.1 Å². The van der Waals surface area contributed by atoms with Crippen molar-refractivity contribution < 1.29 is 9.90 Å². The Hall–Kier alpha value is -2.08. The molecule has 1 aromatic heterocycles. The van der Waals surface area contributed by atoms with E-state index in [2.05, 4.69) is 26.2 Å². The highest BCUT2D eigenvalue weighted by Crippen LogP contribution is 2.24. The zero-order valence-corrected chi connectivity index (χ0v) is 11.7. The Morgan fingerprint density at radius 3 is 2.84 bits per heavy atom. The number of rotatable bonds is 3. The van der Waals surface area contributed by atoms with Crippen molar-refractivity contribution in [2.45, 2.75) is 6.92 Å². The van der Waals surface area contributed by atoms with Gasteiger partial charge in [0.2, 0.25) is 0 Å². The molecular weight excluding hydrogens is 310 g/mol. The Balaban J connectivity index is 2.36. The van der Waals surface area contributed by atoms with Crippen molar-refractivity contribution >= 4 is 39.1 Å². The fraction of sp³-hybridized carbons (Fsp3) is 0.0769.